The van der Waals surface area contributed by atoms with E-state index in [0.29, 0.717) is 5.56 Å². The van der Waals surface area contributed by atoms with Crippen LogP contribution in [0.1, 0.15) is 46.9 Å². The van der Waals surface area contributed by atoms with Gasteiger partial charge in [0.05, 0.1) is 11.3 Å². The lowest BCUT2D eigenvalue weighted by Crippen LogP contribution is -2.22. The van der Waals surface area contributed by atoms with Crippen LogP contribution in [0.3, 0.4) is 0 Å². The molecule has 1 N–H and O–H groups in total. The normalized spacial score (nSPS) is 10.8. The van der Waals surface area contributed by atoms with Crippen molar-refractivity contribution in [2.75, 3.05) is 11.9 Å². The van der Waals surface area contributed by atoms with Crippen molar-refractivity contribution >= 4 is 17.6 Å². The third-order valence-corrected chi connectivity index (χ3v) is 4.71. The Bertz CT molecular complexity index is 1020. The van der Waals surface area contributed by atoms with Gasteiger partial charge in [-0.25, -0.2) is 9.48 Å². The molecule has 0 radical (unpaired) electrons. The molecule has 150 valence electrons. The zero-order valence-electron chi connectivity index (χ0n) is 17.1. The van der Waals surface area contributed by atoms with Crippen LogP contribution in [0, 0.1) is 13.8 Å². The lowest BCUT2D eigenvalue weighted by atomic mass is 9.98. The van der Waals surface area contributed by atoms with Crippen molar-refractivity contribution in [3.63, 3.8) is 0 Å². The number of amides is 1. The summed E-state index contributed by atoms with van der Waals surface area (Å²) in [6.07, 6.45) is 1.72. The molecular formula is C23H25N3O3. The molecule has 0 saturated carbocycles. The number of nitrogens with one attached hydrogen (secondary N) is 1. The minimum atomic E-state index is -0.544. The molecule has 6 heteroatoms. The van der Waals surface area contributed by atoms with E-state index in [-0.39, 0.29) is 18.4 Å². The van der Waals surface area contributed by atoms with Crippen LogP contribution in [0.2, 0.25) is 0 Å². The van der Waals surface area contributed by atoms with Gasteiger partial charge in [0.1, 0.15) is 0 Å². The fourth-order valence-electron chi connectivity index (χ4n) is 3.11. The molecule has 0 unspecified atom stereocenters. The van der Waals surface area contributed by atoms with Crippen LogP contribution in [0.4, 0.5) is 5.69 Å². The Kier molecular flexibility index (Phi) is 6.12. The maximum atomic E-state index is 12.3. The summed E-state index contributed by atoms with van der Waals surface area (Å²) >= 11 is 0. The van der Waals surface area contributed by atoms with E-state index >= 15 is 0 Å². The van der Waals surface area contributed by atoms with E-state index in [1.807, 2.05) is 38.1 Å². The topological polar surface area (TPSA) is 73.2 Å². The molecule has 3 aromatic rings. The third-order valence-electron chi connectivity index (χ3n) is 4.71. The van der Waals surface area contributed by atoms with E-state index in [0.717, 1.165) is 28.2 Å². The Balaban J connectivity index is 1.61. The second-order valence-electron chi connectivity index (χ2n) is 7.25. The monoisotopic (exact) mass is 391 g/mol. The molecule has 0 spiro atoms. The second kappa shape index (κ2) is 8.73. The van der Waals surface area contributed by atoms with Crippen molar-refractivity contribution in [2.24, 2.45) is 0 Å². The number of para-hydroxylation sites is 1. The number of aromatic nitrogens is 2. The summed E-state index contributed by atoms with van der Waals surface area (Å²) in [6.45, 7) is 7.69. The zero-order valence-corrected chi connectivity index (χ0v) is 17.1. The van der Waals surface area contributed by atoms with Gasteiger partial charge in [-0.1, -0.05) is 32.0 Å². The molecule has 1 heterocycles. The number of anilines is 1. The Morgan fingerprint density at radius 3 is 2.41 bits per heavy atom. The highest BCUT2D eigenvalue weighted by Crippen LogP contribution is 2.27. The number of aryl methyl sites for hydroxylation is 2. The Labute approximate surface area is 170 Å². The number of hydrogen-bond donors (Lipinski definition) is 1. The maximum absolute atomic E-state index is 12.3. The van der Waals surface area contributed by atoms with Gasteiger partial charge in [0.25, 0.3) is 5.91 Å². The van der Waals surface area contributed by atoms with E-state index < -0.39 is 5.97 Å². The van der Waals surface area contributed by atoms with E-state index in [9.17, 15) is 9.59 Å². The van der Waals surface area contributed by atoms with Gasteiger partial charge in [0.2, 0.25) is 0 Å². The molecule has 0 aliphatic heterocycles. The van der Waals surface area contributed by atoms with Gasteiger partial charge < -0.3 is 10.1 Å². The van der Waals surface area contributed by atoms with Gasteiger partial charge in [-0.2, -0.15) is 5.10 Å². The van der Waals surface area contributed by atoms with Crippen LogP contribution in [0.15, 0.2) is 54.7 Å². The molecule has 0 aliphatic rings. The van der Waals surface area contributed by atoms with Crippen LogP contribution in [0.5, 0.6) is 0 Å². The predicted octanol–water partition coefficient (Wildman–Crippen LogP) is 4.41. The molecule has 0 aliphatic carbocycles. The molecular weight excluding hydrogens is 366 g/mol. The molecule has 0 saturated heterocycles. The van der Waals surface area contributed by atoms with Gasteiger partial charge in [-0.05, 0) is 61.2 Å². The first kappa shape index (κ1) is 20.3. The van der Waals surface area contributed by atoms with Gasteiger partial charge >= 0.3 is 5.97 Å². The summed E-state index contributed by atoms with van der Waals surface area (Å²) in [5, 5.41) is 7.11. The average molecular weight is 391 g/mol. The number of benzene rings is 2. The Morgan fingerprint density at radius 1 is 1.07 bits per heavy atom. The first-order chi connectivity index (χ1) is 13.9. The lowest BCUT2D eigenvalue weighted by Gasteiger charge is -2.16. The van der Waals surface area contributed by atoms with Crippen LogP contribution in [0.25, 0.3) is 5.69 Å². The van der Waals surface area contributed by atoms with Gasteiger partial charge in [-0.15, -0.1) is 0 Å². The Hall–Kier alpha value is -3.41. The van der Waals surface area contributed by atoms with Crippen molar-refractivity contribution in [2.45, 2.75) is 33.6 Å². The molecule has 29 heavy (non-hydrogen) atoms. The molecule has 0 bridgehead atoms. The number of carbonyl (C=O) groups excluding carboxylic acids is 2. The number of rotatable bonds is 6. The van der Waals surface area contributed by atoms with Crippen molar-refractivity contribution in [3.05, 3.63) is 77.1 Å². The summed E-state index contributed by atoms with van der Waals surface area (Å²) in [6, 6.07) is 14.7. The van der Waals surface area contributed by atoms with E-state index in [1.54, 1.807) is 35.1 Å². The first-order valence-electron chi connectivity index (χ1n) is 9.54. The van der Waals surface area contributed by atoms with Gasteiger partial charge in [0.15, 0.2) is 6.61 Å². The molecule has 2 aromatic carbocycles. The number of ether oxygens (including phenoxy) is 1. The van der Waals surface area contributed by atoms with Crippen molar-refractivity contribution < 1.29 is 14.3 Å². The van der Waals surface area contributed by atoms with Crippen LogP contribution in [-0.2, 0) is 9.53 Å². The van der Waals surface area contributed by atoms with E-state index in [1.165, 1.54) is 0 Å². The summed E-state index contributed by atoms with van der Waals surface area (Å²) in [5.41, 5.74) is 5.03. The van der Waals surface area contributed by atoms with E-state index in [4.69, 9.17) is 4.74 Å². The minimum Gasteiger partial charge on any atom is -0.452 e. The average Bonchev–Trinajstić information content (AvgIpc) is 3.13. The molecule has 0 fully saturated rings. The van der Waals surface area contributed by atoms with Crippen LogP contribution in [-0.4, -0.2) is 28.3 Å². The van der Waals surface area contributed by atoms with Crippen molar-refractivity contribution in [1.29, 1.82) is 0 Å². The standard InChI is InChI=1S/C23H25N3O3/c1-15(2)20-7-5-6-16(3)22(20)25-21(27)14-29-23(28)18-8-10-19(11-9-18)26-17(4)12-13-24-26/h5-13,15H,14H2,1-4H3,(H,25,27). The smallest absolute Gasteiger partial charge is 0.338 e. The zero-order chi connectivity index (χ0) is 21.0. The highest BCUT2D eigenvalue weighted by Gasteiger charge is 2.14. The molecule has 1 amide bonds. The summed E-state index contributed by atoms with van der Waals surface area (Å²) in [5.74, 6) is -0.638. The minimum absolute atomic E-state index is 0.268. The number of hydrogen-bond acceptors (Lipinski definition) is 4. The molecule has 6 nitrogen and oxygen atoms in total. The number of carbonyl (C=O) groups is 2. The number of esters is 1. The maximum Gasteiger partial charge on any atom is 0.338 e. The molecule has 1 aromatic heterocycles. The van der Waals surface area contributed by atoms with Crippen LogP contribution < -0.4 is 5.32 Å². The summed E-state index contributed by atoms with van der Waals surface area (Å²) in [4.78, 5) is 24.6. The highest BCUT2D eigenvalue weighted by atomic mass is 16.5. The second-order valence-corrected chi connectivity index (χ2v) is 7.25. The van der Waals surface area contributed by atoms with E-state index in [2.05, 4.69) is 24.3 Å². The van der Waals surface area contributed by atoms with Gasteiger partial charge in [-0.3, -0.25) is 4.79 Å². The van der Waals surface area contributed by atoms with Gasteiger partial charge in [0, 0.05) is 17.6 Å². The first-order valence-corrected chi connectivity index (χ1v) is 9.54. The fourth-order valence-corrected chi connectivity index (χ4v) is 3.11. The van der Waals surface area contributed by atoms with Crippen molar-refractivity contribution in [1.82, 2.24) is 9.78 Å². The third kappa shape index (κ3) is 4.71. The fraction of sp³-hybridized carbons (Fsp3) is 0.261. The largest absolute Gasteiger partial charge is 0.452 e. The summed E-state index contributed by atoms with van der Waals surface area (Å²) in [7, 11) is 0. The summed E-state index contributed by atoms with van der Waals surface area (Å²) < 4.78 is 6.96. The SMILES string of the molecule is Cc1cccc(C(C)C)c1NC(=O)COC(=O)c1ccc(-n2nccc2C)cc1. The van der Waals surface area contributed by atoms with Crippen molar-refractivity contribution in [3.8, 4) is 5.69 Å². The predicted molar refractivity (Wildman–Crippen MR) is 112 cm³/mol. The molecule has 0 atom stereocenters. The molecule has 3 rings (SSSR count). The number of nitrogens with zero attached hydrogens (tertiary/aromatic N) is 2. The van der Waals surface area contributed by atoms with Crippen LogP contribution >= 0.6 is 0 Å². The lowest BCUT2D eigenvalue weighted by molar-refractivity contribution is -0.119. The highest BCUT2D eigenvalue weighted by molar-refractivity contribution is 5.96. The quantitative estimate of drug-likeness (QED) is 0.632. The Morgan fingerprint density at radius 2 is 1.79 bits per heavy atom.